The molecule has 0 bridgehead atoms. The molecule has 1 aromatic rings. The zero-order valence-electron chi connectivity index (χ0n) is 10.5. The highest BCUT2D eigenvalue weighted by Gasteiger charge is 2.33. The number of hydrogen-bond acceptors (Lipinski definition) is 4. The van der Waals surface area contributed by atoms with Crippen molar-refractivity contribution in [1.29, 1.82) is 0 Å². The summed E-state index contributed by atoms with van der Waals surface area (Å²) in [5.74, 6) is 0.0595. The molecule has 1 atom stereocenters. The Morgan fingerprint density at radius 1 is 1.50 bits per heavy atom. The first-order valence-corrected chi connectivity index (χ1v) is 7.68. The Balaban J connectivity index is 2.03. The third kappa shape index (κ3) is 3.09. The smallest absolute Gasteiger partial charge is 0.216 e. The van der Waals surface area contributed by atoms with Gasteiger partial charge < -0.3 is 9.30 Å². The van der Waals surface area contributed by atoms with Gasteiger partial charge in [0, 0.05) is 38.6 Å². The van der Waals surface area contributed by atoms with E-state index in [0.717, 1.165) is 12.8 Å². The Kier molecular flexibility index (Phi) is 4.36. The van der Waals surface area contributed by atoms with Crippen LogP contribution >= 0.6 is 0 Å². The van der Waals surface area contributed by atoms with E-state index in [1.54, 1.807) is 16.8 Å². The van der Waals surface area contributed by atoms with Crippen LogP contribution in [-0.2, 0) is 21.3 Å². The number of rotatable bonds is 6. The van der Waals surface area contributed by atoms with Crippen LogP contribution < -0.4 is 0 Å². The summed E-state index contributed by atoms with van der Waals surface area (Å²) in [4.78, 5) is 3.98. The van der Waals surface area contributed by atoms with Gasteiger partial charge in [-0.2, -0.15) is 4.31 Å². The molecule has 1 aromatic heterocycles. The lowest BCUT2D eigenvalue weighted by Gasteiger charge is -2.24. The molecule has 102 valence electrons. The molecule has 0 spiro atoms. The van der Waals surface area contributed by atoms with Crippen molar-refractivity contribution in [2.24, 2.45) is 0 Å². The molecule has 0 N–H and O–H groups in total. The molecule has 0 unspecified atom stereocenters. The number of aromatic nitrogens is 2. The molecule has 2 heterocycles. The highest BCUT2D eigenvalue weighted by Crippen LogP contribution is 2.22. The fourth-order valence-corrected chi connectivity index (χ4v) is 3.95. The second kappa shape index (κ2) is 5.81. The largest absolute Gasteiger partial charge is 0.384 e. The summed E-state index contributed by atoms with van der Waals surface area (Å²) in [6.45, 7) is 1.54. The number of hydrogen-bond donors (Lipinski definition) is 0. The van der Waals surface area contributed by atoms with E-state index >= 15 is 0 Å². The zero-order valence-corrected chi connectivity index (χ0v) is 11.3. The van der Waals surface area contributed by atoms with E-state index in [9.17, 15) is 8.42 Å². The Hall–Kier alpha value is -0.920. The molecule has 6 nitrogen and oxygen atoms in total. The van der Waals surface area contributed by atoms with Gasteiger partial charge in [0.25, 0.3) is 0 Å². The van der Waals surface area contributed by atoms with Crippen LogP contribution in [0.1, 0.15) is 12.8 Å². The molecular formula is C11H19N3O3S. The van der Waals surface area contributed by atoms with Gasteiger partial charge in [-0.05, 0) is 12.8 Å². The van der Waals surface area contributed by atoms with Gasteiger partial charge in [0.15, 0.2) is 0 Å². The second-order valence-electron chi connectivity index (χ2n) is 4.48. The van der Waals surface area contributed by atoms with E-state index < -0.39 is 10.0 Å². The van der Waals surface area contributed by atoms with Crippen LogP contribution in [0.4, 0.5) is 0 Å². The minimum Gasteiger partial charge on any atom is -0.384 e. The van der Waals surface area contributed by atoms with Crippen molar-refractivity contribution in [3.05, 3.63) is 18.7 Å². The summed E-state index contributed by atoms with van der Waals surface area (Å²) < 4.78 is 32.7. The maximum absolute atomic E-state index is 12.2. The van der Waals surface area contributed by atoms with Gasteiger partial charge in [-0.3, -0.25) is 0 Å². The van der Waals surface area contributed by atoms with E-state index in [1.165, 1.54) is 7.11 Å². The van der Waals surface area contributed by atoms with E-state index in [4.69, 9.17) is 4.74 Å². The van der Waals surface area contributed by atoms with Crippen LogP contribution in [0.15, 0.2) is 18.7 Å². The van der Waals surface area contributed by atoms with Gasteiger partial charge in [-0.1, -0.05) is 0 Å². The quantitative estimate of drug-likeness (QED) is 0.749. The summed E-state index contributed by atoms with van der Waals surface area (Å²) in [7, 11) is -1.68. The minimum atomic E-state index is -3.20. The van der Waals surface area contributed by atoms with E-state index in [0.29, 0.717) is 13.1 Å². The normalized spacial score (nSPS) is 21.5. The van der Waals surface area contributed by atoms with E-state index in [1.807, 2.05) is 10.8 Å². The van der Waals surface area contributed by atoms with Crippen molar-refractivity contribution in [2.75, 3.05) is 26.0 Å². The van der Waals surface area contributed by atoms with Gasteiger partial charge in [0.05, 0.1) is 18.7 Å². The molecule has 1 fully saturated rings. The van der Waals surface area contributed by atoms with Crippen LogP contribution in [0.3, 0.4) is 0 Å². The lowest BCUT2D eigenvalue weighted by atomic mass is 10.2. The van der Waals surface area contributed by atoms with Crippen molar-refractivity contribution in [2.45, 2.75) is 25.4 Å². The second-order valence-corrected chi connectivity index (χ2v) is 6.52. The van der Waals surface area contributed by atoms with Crippen LogP contribution in [0.25, 0.3) is 0 Å². The number of nitrogens with zero attached hydrogens (tertiary/aromatic N) is 3. The molecule has 1 saturated heterocycles. The highest BCUT2D eigenvalue weighted by molar-refractivity contribution is 7.89. The zero-order chi connectivity index (χ0) is 13.0. The molecule has 0 aromatic carbocycles. The molecule has 1 aliphatic heterocycles. The summed E-state index contributed by atoms with van der Waals surface area (Å²) in [5.41, 5.74) is 0. The molecule has 0 aliphatic carbocycles. The van der Waals surface area contributed by atoms with Crippen molar-refractivity contribution in [3.8, 4) is 0 Å². The van der Waals surface area contributed by atoms with E-state index in [2.05, 4.69) is 4.98 Å². The SMILES string of the molecule is COCCS(=O)(=O)N1CCC[C@@H]1Cn1ccnc1. The Labute approximate surface area is 108 Å². The van der Waals surface area contributed by atoms with E-state index in [-0.39, 0.29) is 18.4 Å². The summed E-state index contributed by atoms with van der Waals surface area (Å²) >= 11 is 0. The van der Waals surface area contributed by atoms with Crippen LogP contribution in [0.2, 0.25) is 0 Å². The molecule has 0 saturated carbocycles. The number of imidazole rings is 1. The first-order chi connectivity index (χ1) is 8.63. The summed E-state index contributed by atoms with van der Waals surface area (Å²) in [6, 6.07) is 0.0426. The lowest BCUT2D eigenvalue weighted by Crippen LogP contribution is -2.40. The molecule has 2 rings (SSSR count). The molecule has 18 heavy (non-hydrogen) atoms. The number of methoxy groups -OCH3 is 1. The number of ether oxygens (including phenoxy) is 1. The fraction of sp³-hybridized carbons (Fsp3) is 0.727. The van der Waals surface area contributed by atoms with Crippen LogP contribution in [0.5, 0.6) is 0 Å². The Morgan fingerprint density at radius 3 is 3.00 bits per heavy atom. The highest BCUT2D eigenvalue weighted by atomic mass is 32.2. The molecule has 7 heteroatoms. The monoisotopic (exact) mass is 273 g/mol. The van der Waals surface area contributed by atoms with Gasteiger partial charge in [-0.25, -0.2) is 13.4 Å². The first kappa shape index (κ1) is 13.5. The minimum absolute atomic E-state index is 0.0426. The van der Waals surface area contributed by atoms with Gasteiger partial charge in [0.1, 0.15) is 0 Å². The number of sulfonamides is 1. The third-order valence-corrected chi connectivity index (χ3v) is 5.08. The molecule has 1 aliphatic rings. The third-order valence-electron chi connectivity index (χ3n) is 3.21. The maximum Gasteiger partial charge on any atom is 0.216 e. The van der Waals surface area contributed by atoms with Gasteiger partial charge in [-0.15, -0.1) is 0 Å². The molecule has 0 amide bonds. The van der Waals surface area contributed by atoms with Crippen molar-refractivity contribution in [1.82, 2.24) is 13.9 Å². The predicted molar refractivity (Wildman–Crippen MR) is 67.6 cm³/mol. The standard InChI is InChI=1S/C11H19N3O3S/c1-17-7-8-18(15,16)14-5-2-3-11(14)9-13-6-4-12-10-13/h4,6,10-11H,2-3,5,7-9H2,1H3/t11-/m1/s1. The van der Waals surface area contributed by atoms with Crippen LogP contribution in [0, 0.1) is 0 Å². The maximum atomic E-state index is 12.2. The topological polar surface area (TPSA) is 64.4 Å². The Bertz CT molecular complexity index is 458. The van der Waals surface area contributed by atoms with Gasteiger partial charge in [0.2, 0.25) is 10.0 Å². The lowest BCUT2D eigenvalue weighted by molar-refractivity contribution is 0.215. The molecule has 0 radical (unpaired) electrons. The Morgan fingerprint density at radius 2 is 2.33 bits per heavy atom. The van der Waals surface area contributed by atoms with Crippen molar-refractivity contribution >= 4 is 10.0 Å². The average molecular weight is 273 g/mol. The first-order valence-electron chi connectivity index (χ1n) is 6.07. The van der Waals surface area contributed by atoms with Gasteiger partial charge >= 0.3 is 0 Å². The predicted octanol–water partition coefficient (Wildman–Crippen LogP) is 0.324. The van der Waals surface area contributed by atoms with Crippen molar-refractivity contribution < 1.29 is 13.2 Å². The molecular weight excluding hydrogens is 254 g/mol. The summed E-state index contributed by atoms with van der Waals surface area (Å²) in [5, 5.41) is 0. The van der Waals surface area contributed by atoms with Crippen LogP contribution in [-0.4, -0.2) is 54.3 Å². The van der Waals surface area contributed by atoms with Crippen molar-refractivity contribution in [3.63, 3.8) is 0 Å². The fourth-order valence-electron chi connectivity index (χ4n) is 2.30. The average Bonchev–Trinajstić information content (AvgIpc) is 2.98. The summed E-state index contributed by atoms with van der Waals surface area (Å²) in [6.07, 6.45) is 7.12.